The Kier molecular flexibility index (Phi) is 7.88. The van der Waals surface area contributed by atoms with Crippen molar-refractivity contribution >= 4 is 45.7 Å². The van der Waals surface area contributed by atoms with Gasteiger partial charge in [-0.05, 0) is 73.0 Å². The van der Waals surface area contributed by atoms with Gasteiger partial charge in [0, 0.05) is 19.5 Å². The van der Waals surface area contributed by atoms with Crippen LogP contribution in [-0.4, -0.2) is 64.1 Å². The number of hydrazone groups is 1. The monoisotopic (exact) mass is 531 g/mol. The van der Waals surface area contributed by atoms with E-state index in [1.54, 1.807) is 6.08 Å². The van der Waals surface area contributed by atoms with E-state index in [1.807, 2.05) is 60.4 Å². The molecule has 1 fully saturated rings. The molecule has 196 valence electrons. The van der Waals surface area contributed by atoms with Gasteiger partial charge >= 0.3 is 0 Å². The number of thioether (sulfide) groups is 1. The van der Waals surface area contributed by atoms with Gasteiger partial charge in [-0.15, -0.1) is 0 Å². The topological polar surface area (TPSA) is 108 Å². The number of aryl methyl sites for hydroxylation is 1. The Hall–Kier alpha value is -3.92. The van der Waals surface area contributed by atoms with Crippen LogP contribution in [0.2, 0.25) is 0 Å². The van der Waals surface area contributed by atoms with Gasteiger partial charge < -0.3 is 14.4 Å². The molecule has 0 saturated carbocycles. The molecule has 1 saturated heterocycles. The maximum Gasteiger partial charge on any atom is 0.283 e. The summed E-state index contributed by atoms with van der Waals surface area (Å²) in [4.78, 5) is 31.1. The van der Waals surface area contributed by atoms with Gasteiger partial charge in [0.25, 0.3) is 5.91 Å². The number of amidine groups is 2. The summed E-state index contributed by atoms with van der Waals surface area (Å²) in [5, 5.41) is 15.1. The zero-order valence-electron chi connectivity index (χ0n) is 21.2. The van der Waals surface area contributed by atoms with Gasteiger partial charge in [-0.1, -0.05) is 24.3 Å². The predicted molar refractivity (Wildman–Crippen MR) is 149 cm³/mol. The molecule has 0 atom stereocenters. The first-order valence-electron chi connectivity index (χ1n) is 12.7. The Morgan fingerprint density at radius 3 is 2.55 bits per heavy atom. The lowest BCUT2D eigenvalue weighted by Crippen LogP contribution is -2.35. The van der Waals surface area contributed by atoms with Crippen molar-refractivity contribution in [2.24, 2.45) is 10.1 Å². The summed E-state index contributed by atoms with van der Waals surface area (Å²) >= 11 is 1.17. The van der Waals surface area contributed by atoms with Crippen LogP contribution in [0.4, 0.5) is 0 Å². The van der Waals surface area contributed by atoms with Crippen molar-refractivity contribution in [2.75, 3.05) is 26.3 Å². The molecular formula is C28H29N5O4S. The smallest absolute Gasteiger partial charge is 0.283 e. The largest absolute Gasteiger partial charge is 0.493 e. The first-order valence-corrected chi connectivity index (χ1v) is 13.5. The second-order valence-electron chi connectivity index (χ2n) is 9.21. The number of likely N-dealkylation sites (tertiary alicyclic amines) is 1. The second-order valence-corrected chi connectivity index (χ2v) is 10.3. The van der Waals surface area contributed by atoms with Crippen LogP contribution in [0.5, 0.6) is 11.5 Å². The molecule has 10 heteroatoms. The number of benzene rings is 2. The fraction of sp³-hybridized carbons (Fsp3) is 0.321. The normalized spacial score (nSPS) is 18.0. The molecule has 3 aliphatic heterocycles. The van der Waals surface area contributed by atoms with Crippen LogP contribution in [0.3, 0.4) is 0 Å². The molecule has 9 nitrogen and oxygen atoms in total. The lowest BCUT2D eigenvalue weighted by Gasteiger charge is -2.20. The molecule has 3 heterocycles. The van der Waals surface area contributed by atoms with Crippen molar-refractivity contribution in [3.05, 3.63) is 65.2 Å². The summed E-state index contributed by atoms with van der Waals surface area (Å²) in [5.41, 5.74) is 2.05. The summed E-state index contributed by atoms with van der Waals surface area (Å²) < 4.78 is 11.5. The van der Waals surface area contributed by atoms with E-state index in [9.17, 15) is 9.59 Å². The Morgan fingerprint density at radius 2 is 1.82 bits per heavy atom. The number of hydrogen-bond donors (Lipinski definition) is 1. The molecule has 38 heavy (non-hydrogen) atoms. The second kappa shape index (κ2) is 11.6. The first-order chi connectivity index (χ1) is 18.5. The molecule has 0 bridgehead atoms. The summed E-state index contributed by atoms with van der Waals surface area (Å²) in [7, 11) is 0. The van der Waals surface area contributed by atoms with E-state index >= 15 is 0 Å². The van der Waals surface area contributed by atoms with Crippen molar-refractivity contribution in [1.82, 2.24) is 9.91 Å². The molecule has 0 aliphatic carbocycles. The number of fused-ring (bicyclic) bond motifs is 1. The lowest BCUT2D eigenvalue weighted by molar-refractivity contribution is -0.128. The SMILES string of the molecule is Cc1cccc(OCCCOc2ccc(/C=C3/C(=N)N4N=C(CC(=O)N5CCCC5)SC4=NC3=O)cc2)c1. The highest BCUT2D eigenvalue weighted by Crippen LogP contribution is 2.30. The predicted octanol–water partition coefficient (Wildman–Crippen LogP) is 4.47. The molecule has 5 rings (SSSR count). The Bertz CT molecular complexity index is 1330. The Morgan fingerprint density at radius 1 is 1.08 bits per heavy atom. The third-order valence-electron chi connectivity index (χ3n) is 6.26. The molecule has 2 aromatic carbocycles. The molecule has 0 radical (unpaired) electrons. The van der Waals surface area contributed by atoms with Gasteiger partial charge in [0.2, 0.25) is 11.1 Å². The fourth-order valence-corrected chi connectivity index (χ4v) is 5.16. The van der Waals surface area contributed by atoms with Crippen LogP contribution in [0.15, 0.2) is 64.2 Å². The van der Waals surface area contributed by atoms with Crippen LogP contribution < -0.4 is 9.47 Å². The highest BCUT2D eigenvalue weighted by atomic mass is 32.2. The minimum atomic E-state index is -0.495. The van der Waals surface area contributed by atoms with Crippen molar-refractivity contribution in [1.29, 1.82) is 5.41 Å². The van der Waals surface area contributed by atoms with Crippen molar-refractivity contribution < 1.29 is 19.1 Å². The standard InChI is InChI=1S/C28H29N5O4S/c1-19-6-4-7-22(16-19)37-15-5-14-36-21-10-8-20(9-11-21)17-23-26(29)33-28(30-27(23)35)38-24(31-33)18-25(34)32-12-2-3-13-32/h4,6-11,16-17,29H,2-3,5,12-15,18H2,1H3/b23-17-,29-26?. The number of rotatable bonds is 9. The average molecular weight is 532 g/mol. The number of aliphatic imine (C=N–C) groups is 1. The van der Waals surface area contributed by atoms with Gasteiger partial charge in [-0.25, -0.2) is 0 Å². The van der Waals surface area contributed by atoms with Crippen LogP contribution in [0.1, 0.15) is 36.8 Å². The third-order valence-corrected chi connectivity index (χ3v) is 7.17. The average Bonchev–Trinajstić information content (AvgIpc) is 3.58. The number of hydrogen-bond acceptors (Lipinski definition) is 7. The van der Waals surface area contributed by atoms with E-state index in [0.717, 1.165) is 49.2 Å². The zero-order chi connectivity index (χ0) is 26.5. The summed E-state index contributed by atoms with van der Waals surface area (Å²) in [6.45, 7) is 4.65. The summed E-state index contributed by atoms with van der Waals surface area (Å²) in [6.07, 6.45) is 4.56. The molecule has 2 aromatic rings. The van der Waals surface area contributed by atoms with Gasteiger partial charge in [0.1, 0.15) is 16.5 Å². The van der Waals surface area contributed by atoms with E-state index in [4.69, 9.17) is 14.9 Å². The number of nitrogens with one attached hydrogen (secondary N) is 1. The van der Waals surface area contributed by atoms with Gasteiger partial charge in [0.05, 0.1) is 25.2 Å². The van der Waals surface area contributed by atoms with Crippen molar-refractivity contribution in [3.8, 4) is 11.5 Å². The van der Waals surface area contributed by atoms with Crippen molar-refractivity contribution in [2.45, 2.75) is 32.6 Å². The number of carbonyl (C=O) groups excluding carboxylic acids is 2. The minimum absolute atomic E-state index is 0.0175. The first kappa shape index (κ1) is 25.7. The highest BCUT2D eigenvalue weighted by Gasteiger charge is 2.36. The fourth-order valence-electron chi connectivity index (χ4n) is 4.28. The van der Waals surface area contributed by atoms with E-state index in [2.05, 4.69) is 10.1 Å². The Labute approximate surface area is 225 Å². The molecule has 1 N–H and O–H groups in total. The lowest BCUT2D eigenvalue weighted by atomic mass is 10.1. The number of amides is 2. The van der Waals surface area contributed by atoms with Crippen molar-refractivity contribution in [3.63, 3.8) is 0 Å². The van der Waals surface area contributed by atoms with Gasteiger partial charge in [-0.2, -0.15) is 15.1 Å². The molecule has 3 aliphatic rings. The van der Waals surface area contributed by atoms with Crippen LogP contribution in [0, 0.1) is 12.3 Å². The molecule has 2 amide bonds. The maximum absolute atomic E-state index is 12.7. The molecule has 0 unspecified atom stereocenters. The molecular weight excluding hydrogens is 502 g/mol. The minimum Gasteiger partial charge on any atom is -0.493 e. The third kappa shape index (κ3) is 6.13. The summed E-state index contributed by atoms with van der Waals surface area (Å²) in [6, 6.07) is 15.2. The summed E-state index contributed by atoms with van der Waals surface area (Å²) in [5.74, 6) is 1.03. The van der Waals surface area contributed by atoms with Gasteiger partial charge in [0.15, 0.2) is 5.84 Å². The number of ether oxygens (including phenoxy) is 2. The number of nitrogens with zero attached hydrogens (tertiary/aromatic N) is 4. The zero-order valence-corrected chi connectivity index (χ0v) is 22.0. The van der Waals surface area contributed by atoms with Gasteiger partial charge in [-0.3, -0.25) is 15.0 Å². The van der Waals surface area contributed by atoms with Crippen LogP contribution in [0.25, 0.3) is 6.08 Å². The van der Waals surface area contributed by atoms with Crippen LogP contribution >= 0.6 is 11.8 Å². The Balaban J connectivity index is 1.14. The quantitative estimate of drug-likeness (QED) is 0.378. The van der Waals surface area contributed by atoms with E-state index in [-0.39, 0.29) is 23.7 Å². The van der Waals surface area contributed by atoms with Crippen LogP contribution in [-0.2, 0) is 9.59 Å². The van der Waals surface area contributed by atoms with E-state index < -0.39 is 5.91 Å². The van der Waals surface area contributed by atoms with E-state index in [0.29, 0.717) is 29.2 Å². The van der Waals surface area contributed by atoms with E-state index in [1.165, 1.54) is 16.8 Å². The maximum atomic E-state index is 12.7. The highest BCUT2D eigenvalue weighted by molar-refractivity contribution is 8.27. The number of carbonyl (C=O) groups is 2. The molecule has 0 aromatic heterocycles. The molecule has 0 spiro atoms.